The van der Waals surface area contributed by atoms with Crippen molar-refractivity contribution in [3.05, 3.63) is 29.0 Å². The molecule has 3 nitrogen and oxygen atoms in total. The Labute approximate surface area is 123 Å². The first-order valence-corrected chi connectivity index (χ1v) is 7.33. The minimum atomic E-state index is 0.243. The normalized spacial score (nSPS) is 13.1. The molecule has 104 valence electrons. The van der Waals surface area contributed by atoms with Crippen LogP contribution in [0.5, 0.6) is 0 Å². The van der Waals surface area contributed by atoms with Gasteiger partial charge in [-0.1, -0.05) is 24.9 Å². The molecule has 1 atom stereocenters. The summed E-state index contributed by atoms with van der Waals surface area (Å²) in [6.07, 6.45) is 2.10. The lowest BCUT2D eigenvalue weighted by atomic mass is 10.1. The van der Waals surface area contributed by atoms with Crippen molar-refractivity contribution in [2.75, 3.05) is 13.7 Å². The highest BCUT2D eigenvalue weighted by Gasteiger charge is 2.18. The highest BCUT2D eigenvalue weighted by Crippen LogP contribution is 2.27. The van der Waals surface area contributed by atoms with Crippen LogP contribution in [0.2, 0.25) is 5.02 Å². The second kappa shape index (κ2) is 6.60. The van der Waals surface area contributed by atoms with Gasteiger partial charge in [-0.3, -0.25) is 0 Å². The van der Waals surface area contributed by atoms with Gasteiger partial charge in [-0.2, -0.15) is 0 Å². The molecular weight excluding hydrogens is 283 g/mol. The molecule has 1 unspecified atom stereocenters. The van der Waals surface area contributed by atoms with E-state index in [-0.39, 0.29) is 6.04 Å². The molecule has 0 saturated carbocycles. The van der Waals surface area contributed by atoms with Crippen molar-refractivity contribution in [3.8, 4) is 0 Å². The lowest BCUT2D eigenvalue weighted by molar-refractivity contribution is 0.151. The average molecular weight is 301 g/mol. The molecule has 0 aliphatic heterocycles. The first kappa shape index (κ1) is 14.6. The Morgan fingerprint density at radius 3 is 2.84 bits per heavy atom. The van der Waals surface area contributed by atoms with Crippen LogP contribution in [0.25, 0.3) is 11.0 Å². The predicted octanol–water partition coefficient (Wildman–Crippen LogP) is 4.42. The molecule has 0 aliphatic carbocycles. The molecule has 0 amide bonds. The molecule has 0 fully saturated rings. The summed E-state index contributed by atoms with van der Waals surface area (Å²) < 4.78 is 7.50. The summed E-state index contributed by atoms with van der Waals surface area (Å²) in [5, 5.41) is 0.711. The van der Waals surface area contributed by atoms with Crippen molar-refractivity contribution in [2.45, 2.75) is 31.7 Å². The van der Waals surface area contributed by atoms with Gasteiger partial charge in [0.15, 0.2) is 0 Å². The summed E-state index contributed by atoms with van der Waals surface area (Å²) in [4.78, 5) is 4.57. The quantitative estimate of drug-likeness (QED) is 0.739. The standard InChI is InChI=1S/C14H18Cl2N2O/c1-3-4-11(9-19-2)18-13-7-10(16)5-6-12(13)17-14(18)8-15/h5-7,11H,3-4,8-9H2,1-2H3. The molecule has 1 heterocycles. The van der Waals surface area contributed by atoms with E-state index in [0.717, 1.165) is 29.7 Å². The Morgan fingerprint density at radius 2 is 2.21 bits per heavy atom. The molecule has 0 radical (unpaired) electrons. The highest BCUT2D eigenvalue weighted by atomic mass is 35.5. The first-order chi connectivity index (χ1) is 9.21. The van der Waals surface area contributed by atoms with Crippen molar-refractivity contribution < 1.29 is 4.74 Å². The van der Waals surface area contributed by atoms with Gasteiger partial charge in [0.2, 0.25) is 0 Å². The molecule has 1 aromatic heterocycles. The third-order valence-corrected chi connectivity index (χ3v) is 3.66. The third kappa shape index (κ3) is 3.04. The molecule has 5 heteroatoms. The minimum Gasteiger partial charge on any atom is -0.383 e. The van der Waals surface area contributed by atoms with E-state index in [4.69, 9.17) is 27.9 Å². The number of halogens is 2. The fraction of sp³-hybridized carbons (Fsp3) is 0.500. The number of hydrogen-bond donors (Lipinski definition) is 0. The summed E-state index contributed by atoms with van der Waals surface area (Å²) in [5.41, 5.74) is 1.95. The number of alkyl halides is 1. The van der Waals surface area contributed by atoms with E-state index in [1.54, 1.807) is 7.11 Å². The van der Waals surface area contributed by atoms with Crippen molar-refractivity contribution in [1.29, 1.82) is 0 Å². The highest BCUT2D eigenvalue weighted by molar-refractivity contribution is 6.31. The van der Waals surface area contributed by atoms with Crippen LogP contribution in [0.15, 0.2) is 18.2 Å². The maximum Gasteiger partial charge on any atom is 0.125 e. The van der Waals surface area contributed by atoms with E-state index in [0.29, 0.717) is 17.5 Å². The van der Waals surface area contributed by atoms with Crippen LogP contribution >= 0.6 is 23.2 Å². The fourth-order valence-electron chi connectivity index (χ4n) is 2.43. The minimum absolute atomic E-state index is 0.243. The van der Waals surface area contributed by atoms with E-state index >= 15 is 0 Å². The Bertz CT molecular complexity index is 548. The van der Waals surface area contributed by atoms with Gasteiger partial charge in [0.25, 0.3) is 0 Å². The van der Waals surface area contributed by atoms with Crippen LogP contribution < -0.4 is 0 Å². The molecular formula is C14H18Cl2N2O. The number of fused-ring (bicyclic) bond motifs is 1. The topological polar surface area (TPSA) is 27.1 Å². The van der Waals surface area contributed by atoms with E-state index in [1.165, 1.54) is 0 Å². The SMILES string of the molecule is CCCC(COC)n1c(CCl)nc2ccc(Cl)cc21. The Kier molecular flexibility index (Phi) is 5.08. The molecule has 2 rings (SSSR count). The fourth-order valence-corrected chi connectivity index (χ4v) is 2.79. The number of benzene rings is 1. The summed E-state index contributed by atoms with van der Waals surface area (Å²) in [6, 6.07) is 5.97. The zero-order valence-corrected chi connectivity index (χ0v) is 12.7. The number of hydrogen-bond acceptors (Lipinski definition) is 2. The maximum atomic E-state index is 6.10. The molecule has 2 aromatic rings. The van der Waals surface area contributed by atoms with Gasteiger partial charge in [-0.05, 0) is 24.6 Å². The van der Waals surface area contributed by atoms with Gasteiger partial charge in [0.1, 0.15) is 5.82 Å². The number of rotatable bonds is 6. The van der Waals surface area contributed by atoms with Crippen LogP contribution in [0.1, 0.15) is 31.6 Å². The lowest BCUT2D eigenvalue weighted by Crippen LogP contribution is -2.16. The summed E-state index contributed by atoms with van der Waals surface area (Å²) in [7, 11) is 1.72. The van der Waals surface area contributed by atoms with Gasteiger partial charge >= 0.3 is 0 Å². The van der Waals surface area contributed by atoms with Gasteiger partial charge in [-0.15, -0.1) is 11.6 Å². The van der Waals surface area contributed by atoms with Crippen molar-refractivity contribution >= 4 is 34.2 Å². The van der Waals surface area contributed by atoms with Crippen LogP contribution in [0, 0.1) is 0 Å². The molecule has 0 N–H and O–H groups in total. The third-order valence-electron chi connectivity index (χ3n) is 3.19. The van der Waals surface area contributed by atoms with Gasteiger partial charge in [0, 0.05) is 12.1 Å². The zero-order valence-electron chi connectivity index (χ0n) is 11.2. The maximum absolute atomic E-state index is 6.10. The van der Waals surface area contributed by atoms with Crippen LogP contribution in [0.4, 0.5) is 0 Å². The molecule has 0 bridgehead atoms. The molecule has 1 aromatic carbocycles. The Balaban J connectivity index is 2.56. The van der Waals surface area contributed by atoms with Gasteiger partial charge in [-0.25, -0.2) is 4.98 Å². The van der Waals surface area contributed by atoms with E-state index in [2.05, 4.69) is 16.5 Å². The van der Waals surface area contributed by atoms with Crippen LogP contribution in [0.3, 0.4) is 0 Å². The second-order valence-electron chi connectivity index (χ2n) is 4.56. The monoisotopic (exact) mass is 300 g/mol. The second-order valence-corrected chi connectivity index (χ2v) is 5.27. The van der Waals surface area contributed by atoms with E-state index in [9.17, 15) is 0 Å². The Morgan fingerprint density at radius 1 is 1.42 bits per heavy atom. The van der Waals surface area contributed by atoms with E-state index in [1.807, 2.05) is 18.2 Å². The number of ether oxygens (including phenoxy) is 1. The van der Waals surface area contributed by atoms with Crippen LogP contribution in [-0.2, 0) is 10.6 Å². The number of nitrogens with zero attached hydrogens (tertiary/aromatic N) is 2. The van der Waals surface area contributed by atoms with Gasteiger partial charge < -0.3 is 9.30 Å². The molecule has 0 saturated heterocycles. The smallest absolute Gasteiger partial charge is 0.125 e. The number of imidazole rings is 1. The zero-order chi connectivity index (χ0) is 13.8. The number of methoxy groups -OCH3 is 1. The summed E-state index contributed by atoms with van der Waals surface area (Å²) in [6.45, 7) is 2.81. The van der Waals surface area contributed by atoms with Crippen molar-refractivity contribution in [1.82, 2.24) is 9.55 Å². The summed E-state index contributed by atoms with van der Waals surface area (Å²) >= 11 is 12.1. The van der Waals surface area contributed by atoms with Gasteiger partial charge in [0.05, 0.1) is 29.6 Å². The van der Waals surface area contributed by atoms with Crippen molar-refractivity contribution in [2.24, 2.45) is 0 Å². The predicted molar refractivity (Wildman–Crippen MR) is 80.1 cm³/mol. The van der Waals surface area contributed by atoms with Crippen LogP contribution in [-0.4, -0.2) is 23.3 Å². The lowest BCUT2D eigenvalue weighted by Gasteiger charge is -2.20. The molecule has 0 spiro atoms. The van der Waals surface area contributed by atoms with Crippen molar-refractivity contribution in [3.63, 3.8) is 0 Å². The van der Waals surface area contributed by atoms with E-state index < -0.39 is 0 Å². The first-order valence-electron chi connectivity index (χ1n) is 6.42. The largest absolute Gasteiger partial charge is 0.383 e. The summed E-state index contributed by atoms with van der Waals surface area (Å²) in [5.74, 6) is 1.25. The Hall–Kier alpha value is -0.770. The molecule has 19 heavy (non-hydrogen) atoms. The average Bonchev–Trinajstić information content (AvgIpc) is 2.76. The number of aromatic nitrogens is 2. The molecule has 0 aliphatic rings.